The Bertz CT molecular complexity index is 833. The summed E-state index contributed by atoms with van der Waals surface area (Å²) in [5.41, 5.74) is 0. The van der Waals surface area contributed by atoms with E-state index in [1.807, 2.05) is 0 Å². The summed E-state index contributed by atoms with van der Waals surface area (Å²) in [6.07, 6.45) is 0.224. The van der Waals surface area contributed by atoms with E-state index in [2.05, 4.69) is 0 Å². The lowest BCUT2D eigenvalue weighted by molar-refractivity contribution is -0.145. The molecule has 3 amide bonds. The number of likely N-dealkylation sites (tertiary alicyclic amines) is 1. The number of hydrogen-bond acceptors (Lipinski definition) is 5. The molecule has 2 aliphatic heterocycles. The largest absolute Gasteiger partial charge is 0.338 e. The molecule has 0 atom stereocenters. The molecule has 10 heteroatoms. The van der Waals surface area contributed by atoms with Crippen molar-refractivity contribution in [3.63, 3.8) is 0 Å². The molecule has 1 aromatic carbocycles. The molecule has 2 saturated heterocycles. The Morgan fingerprint density at radius 1 is 1.00 bits per heavy atom. The van der Waals surface area contributed by atoms with E-state index < -0.39 is 26.6 Å². The second-order valence-electron chi connectivity index (χ2n) is 6.09. The van der Waals surface area contributed by atoms with Crippen LogP contribution in [0.1, 0.15) is 12.8 Å². The Kier molecular flexibility index (Phi) is 5.05. The maximum atomic E-state index is 13.8. The monoisotopic (exact) mass is 383 g/mol. The molecule has 2 fully saturated rings. The van der Waals surface area contributed by atoms with Gasteiger partial charge in [-0.25, -0.2) is 12.8 Å². The van der Waals surface area contributed by atoms with Crippen LogP contribution < -0.4 is 0 Å². The molecule has 0 aromatic heterocycles. The van der Waals surface area contributed by atoms with Gasteiger partial charge in [-0.05, 0) is 12.1 Å². The average Bonchev–Trinajstić information content (AvgIpc) is 2.94. The number of sulfonamides is 1. The number of piperazine rings is 1. The fourth-order valence-corrected chi connectivity index (χ4v) is 4.49. The van der Waals surface area contributed by atoms with Crippen LogP contribution in [-0.2, 0) is 24.4 Å². The number of carbonyl (C=O) groups excluding carboxylic acids is 3. The van der Waals surface area contributed by atoms with E-state index >= 15 is 0 Å². The summed E-state index contributed by atoms with van der Waals surface area (Å²) in [7, 11) is -3.98. The van der Waals surface area contributed by atoms with Gasteiger partial charge in [-0.3, -0.25) is 19.3 Å². The van der Waals surface area contributed by atoms with Crippen molar-refractivity contribution in [1.29, 1.82) is 0 Å². The van der Waals surface area contributed by atoms with E-state index in [1.165, 1.54) is 23.1 Å². The number of rotatable bonds is 4. The number of benzene rings is 1. The molecule has 3 rings (SSSR count). The van der Waals surface area contributed by atoms with Crippen LogP contribution in [0.5, 0.6) is 0 Å². The zero-order chi connectivity index (χ0) is 18.9. The molecule has 8 nitrogen and oxygen atoms in total. The number of carbonyl (C=O) groups is 3. The van der Waals surface area contributed by atoms with Crippen LogP contribution >= 0.6 is 0 Å². The molecule has 2 aliphatic rings. The van der Waals surface area contributed by atoms with E-state index in [9.17, 15) is 27.2 Å². The minimum Gasteiger partial charge on any atom is -0.338 e. The molecule has 0 N–H and O–H groups in total. The molecule has 2 heterocycles. The molecule has 0 unspecified atom stereocenters. The highest BCUT2D eigenvalue weighted by Gasteiger charge is 2.35. The van der Waals surface area contributed by atoms with Gasteiger partial charge >= 0.3 is 0 Å². The summed E-state index contributed by atoms with van der Waals surface area (Å²) < 4.78 is 40.0. The normalized spacial score (nSPS) is 19.3. The van der Waals surface area contributed by atoms with Crippen molar-refractivity contribution < 1.29 is 27.2 Å². The van der Waals surface area contributed by atoms with E-state index in [0.29, 0.717) is 0 Å². The Morgan fingerprint density at radius 3 is 2.15 bits per heavy atom. The fraction of sp³-hybridized carbons (Fsp3) is 0.438. The van der Waals surface area contributed by atoms with Crippen molar-refractivity contribution in [3.05, 3.63) is 30.1 Å². The van der Waals surface area contributed by atoms with E-state index in [-0.39, 0.29) is 57.4 Å². The quantitative estimate of drug-likeness (QED) is 0.672. The van der Waals surface area contributed by atoms with Crippen molar-refractivity contribution >= 4 is 27.7 Å². The van der Waals surface area contributed by atoms with Gasteiger partial charge in [0, 0.05) is 39.0 Å². The van der Waals surface area contributed by atoms with Gasteiger partial charge in [-0.1, -0.05) is 12.1 Å². The highest BCUT2D eigenvalue weighted by molar-refractivity contribution is 7.89. The minimum atomic E-state index is -3.98. The zero-order valence-corrected chi connectivity index (χ0v) is 14.7. The van der Waals surface area contributed by atoms with Gasteiger partial charge in [0.25, 0.3) is 0 Å². The first-order valence-electron chi connectivity index (χ1n) is 8.16. The Hall–Kier alpha value is -2.33. The minimum absolute atomic E-state index is 0.0182. The van der Waals surface area contributed by atoms with Crippen LogP contribution in [0, 0.1) is 5.82 Å². The number of imide groups is 1. The molecule has 140 valence electrons. The molecule has 0 spiro atoms. The summed E-state index contributed by atoms with van der Waals surface area (Å²) in [5, 5.41) is 0. The van der Waals surface area contributed by atoms with Crippen molar-refractivity contribution in [3.8, 4) is 0 Å². The first-order valence-corrected chi connectivity index (χ1v) is 9.60. The first-order chi connectivity index (χ1) is 12.3. The summed E-state index contributed by atoms with van der Waals surface area (Å²) in [4.78, 5) is 37.4. The number of nitrogens with zero attached hydrogens (tertiary/aromatic N) is 3. The van der Waals surface area contributed by atoms with Gasteiger partial charge in [0.15, 0.2) is 0 Å². The predicted octanol–water partition coefficient (Wildman–Crippen LogP) is -0.192. The zero-order valence-electron chi connectivity index (χ0n) is 13.9. The fourth-order valence-electron chi connectivity index (χ4n) is 3.01. The summed E-state index contributed by atoms with van der Waals surface area (Å²) in [6, 6.07) is 5.13. The molecular weight excluding hydrogens is 365 g/mol. The Morgan fingerprint density at radius 2 is 1.58 bits per heavy atom. The van der Waals surface area contributed by atoms with Crippen LogP contribution in [0.2, 0.25) is 0 Å². The third-order valence-electron chi connectivity index (χ3n) is 4.49. The highest BCUT2D eigenvalue weighted by Crippen LogP contribution is 2.20. The molecule has 26 heavy (non-hydrogen) atoms. The smallest absolute Gasteiger partial charge is 0.246 e. The SMILES string of the molecule is O=C(CN1C(=O)CCC1=O)N1CCN(S(=O)(=O)c2ccccc2F)CC1. The summed E-state index contributed by atoms with van der Waals surface area (Å²) in [5.74, 6) is -1.97. The van der Waals surface area contributed by atoms with Crippen molar-refractivity contribution in [2.45, 2.75) is 17.7 Å². The van der Waals surface area contributed by atoms with Crippen molar-refractivity contribution in [1.82, 2.24) is 14.1 Å². The second kappa shape index (κ2) is 7.12. The molecular formula is C16H18FN3O5S. The lowest BCUT2D eigenvalue weighted by atomic mass is 10.3. The summed E-state index contributed by atoms with van der Waals surface area (Å²) >= 11 is 0. The van der Waals surface area contributed by atoms with Crippen LogP contribution in [0.4, 0.5) is 4.39 Å². The third-order valence-corrected chi connectivity index (χ3v) is 6.43. The van der Waals surface area contributed by atoms with Crippen LogP contribution in [0.3, 0.4) is 0 Å². The van der Waals surface area contributed by atoms with Crippen LogP contribution in [-0.4, -0.2) is 73.0 Å². The van der Waals surface area contributed by atoms with Gasteiger partial charge in [0.1, 0.15) is 17.3 Å². The molecule has 0 saturated carbocycles. The van der Waals surface area contributed by atoms with Gasteiger partial charge in [-0.15, -0.1) is 0 Å². The topological polar surface area (TPSA) is 95.1 Å². The second-order valence-corrected chi connectivity index (χ2v) is 8.00. The highest BCUT2D eigenvalue weighted by atomic mass is 32.2. The van der Waals surface area contributed by atoms with Gasteiger partial charge in [0.2, 0.25) is 27.7 Å². The average molecular weight is 383 g/mol. The molecule has 0 aliphatic carbocycles. The number of halogens is 1. The van der Waals surface area contributed by atoms with Gasteiger partial charge in [-0.2, -0.15) is 4.31 Å². The van der Waals surface area contributed by atoms with E-state index in [0.717, 1.165) is 15.3 Å². The van der Waals surface area contributed by atoms with Gasteiger partial charge < -0.3 is 4.90 Å². The number of amides is 3. The lowest BCUT2D eigenvalue weighted by Gasteiger charge is -2.34. The van der Waals surface area contributed by atoms with E-state index in [1.54, 1.807) is 0 Å². The van der Waals surface area contributed by atoms with Crippen molar-refractivity contribution in [2.24, 2.45) is 0 Å². The van der Waals surface area contributed by atoms with Gasteiger partial charge in [0.05, 0.1) is 0 Å². The number of hydrogen-bond donors (Lipinski definition) is 0. The lowest BCUT2D eigenvalue weighted by Crippen LogP contribution is -2.53. The summed E-state index contributed by atoms with van der Waals surface area (Å²) in [6.45, 7) is -0.0577. The Labute approximate surface area is 150 Å². The first kappa shape index (κ1) is 18.5. The van der Waals surface area contributed by atoms with Crippen LogP contribution in [0.25, 0.3) is 0 Å². The Balaban J connectivity index is 1.62. The molecule has 1 aromatic rings. The third kappa shape index (κ3) is 3.47. The maximum Gasteiger partial charge on any atom is 0.246 e. The van der Waals surface area contributed by atoms with E-state index in [4.69, 9.17) is 0 Å². The predicted molar refractivity (Wildman–Crippen MR) is 87.7 cm³/mol. The molecule has 0 radical (unpaired) electrons. The molecule has 0 bridgehead atoms. The standard InChI is InChI=1S/C16H18FN3O5S/c17-12-3-1-2-4-13(12)26(24,25)19-9-7-18(8-10-19)16(23)11-20-14(21)5-6-15(20)22/h1-4H,5-11H2. The maximum absolute atomic E-state index is 13.8. The van der Waals surface area contributed by atoms with Crippen LogP contribution in [0.15, 0.2) is 29.2 Å². The van der Waals surface area contributed by atoms with Crippen molar-refractivity contribution in [2.75, 3.05) is 32.7 Å².